The van der Waals surface area contributed by atoms with Crippen LogP contribution in [0.15, 0.2) is 12.1 Å². The Bertz CT molecular complexity index is 588. The third-order valence-electron chi connectivity index (χ3n) is 2.88. The third-order valence-corrected chi connectivity index (χ3v) is 2.88. The number of benzene rings is 1. The number of rotatable bonds is 6. The fourth-order valence-corrected chi connectivity index (χ4v) is 1.80. The average Bonchev–Trinajstić information content (AvgIpc) is 2.40. The van der Waals surface area contributed by atoms with Crippen molar-refractivity contribution < 1.29 is 24.0 Å². The molecule has 0 radical (unpaired) electrons. The van der Waals surface area contributed by atoms with Crippen LogP contribution in [-0.4, -0.2) is 27.9 Å². The van der Waals surface area contributed by atoms with Crippen LogP contribution in [0.1, 0.15) is 35.7 Å². The number of hydrogen-bond acceptors (Lipinski definition) is 4. The number of carbonyl (C=O) groups excluding carboxylic acids is 1. The Morgan fingerprint density at radius 1 is 1.48 bits per heavy atom. The standard InChI is InChI=1S/C13H15FN2O5/c1-3-4-10(13(18)19)15-12(17)9-6-8(16(20)21)5-7(2)11(9)14/h5-6,10H,3-4H2,1-2H3,(H,15,17)(H,18,19)/t10-/m1/s1. The number of amides is 1. The Labute approximate surface area is 119 Å². The Kier molecular flexibility index (Phi) is 5.34. The lowest BCUT2D eigenvalue weighted by Gasteiger charge is -2.14. The van der Waals surface area contributed by atoms with Gasteiger partial charge < -0.3 is 10.4 Å². The summed E-state index contributed by atoms with van der Waals surface area (Å²) >= 11 is 0. The summed E-state index contributed by atoms with van der Waals surface area (Å²) in [5, 5.41) is 21.8. The molecular formula is C13H15FN2O5. The fraction of sp³-hybridized carbons (Fsp3) is 0.385. The molecule has 8 heteroatoms. The maximum atomic E-state index is 13.9. The van der Waals surface area contributed by atoms with Crippen LogP contribution in [0, 0.1) is 22.9 Å². The number of aliphatic carboxylic acids is 1. The molecule has 1 rings (SSSR count). The minimum Gasteiger partial charge on any atom is -0.480 e. The van der Waals surface area contributed by atoms with E-state index in [1.165, 1.54) is 6.92 Å². The summed E-state index contributed by atoms with van der Waals surface area (Å²) in [5.74, 6) is -3.13. The number of nitrogens with one attached hydrogen (secondary N) is 1. The molecule has 1 atom stereocenters. The van der Waals surface area contributed by atoms with E-state index in [-0.39, 0.29) is 12.0 Å². The fourth-order valence-electron chi connectivity index (χ4n) is 1.80. The number of carbonyl (C=O) groups is 2. The summed E-state index contributed by atoms with van der Waals surface area (Å²) in [6, 6.07) is 0.636. The van der Waals surface area contributed by atoms with Crippen LogP contribution in [0.3, 0.4) is 0 Å². The molecule has 0 aliphatic rings. The third kappa shape index (κ3) is 3.98. The molecule has 0 unspecified atom stereocenters. The highest BCUT2D eigenvalue weighted by molar-refractivity contribution is 5.97. The molecule has 0 aromatic heterocycles. The predicted octanol–water partition coefficient (Wildman–Crippen LogP) is 2.03. The maximum Gasteiger partial charge on any atom is 0.326 e. The zero-order valence-corrected chi connectivity index (χ0v) is 11.6. The van der Waals surface area contributed by atoms with Gasteiger partial charge in [0.05, 0.1) is 10.5 Å². The molecule has 0 aliphatic heterocycles. The van der Waals surface area contributed by atoms with E-state index in [2.05, 4.69) is 5.32 Å². The van der Waals surface area contributed by atoms with Gasteiger partial charge in [0.15, 0.2) is 0 Å². The van der Waals surface area contributed by atoms with Crippen LogP contribution in [-0.2, 0) is 4.79 Å². The molecule has 21 heavy (non-hydrogen) atoms. The molecule has 1 aromatic rings. The number of nitrogens with zero attached hydrogens (tertiary/aromatic N) is 1. The van der Waals surface area contributed by atoms with Crippen molar-refractivity contribution in [1.82, 2.24) is 5.32 Å². The van der Waals surface area contributed by atoms with Crippen molar-refractivity contribution in [2.75, 3.05) is 0 Å². The first kappa shape index (κ1) is 16.5. The highest BCUT2D eigenvalue weighted by atomic mass is 19.1. The molecule has 0 spiro atoms. The highest BCUT2D eigenvalue weighted by Crippen LogP contribution is 2.21. The second-order valence-electron chi connectivity index (χ2n) is 4.53. The van der Waals surface area contributed by atoms with E-state index in [1.807, 2.05) is 0 Å². The van der Waals surface area contributed by atoms with Crippen molar-refractivity contribution in [2.24, 2.45) is 0 Å². The lowest BCUT2D eigenvalue weighted by atomic mass is 10.1. The van der Waals surface area contributed by atoms with Gasteiger partial charge in [-0.15, -0.1) is 0 Å². The van der Waals surface area contributed by atoms with Crippen LogP contribution in [0.25, 0.3) is 0 Å². The van der Waals surface area contributed by atoms with Gasteiger partial charge >= 0.3 is 5.97 Å². The zero-order chi connectivity index (χ0) is 16.2. The number of aryl methyl sites for hydroxylation is 1. The van der Waals surface area contributed by atoms with E-state index in [1.54, 1.807) is 6.92 Å². The van der Waals surface area contributed by atoms with Crippen LogP contribution < -0.4 is 5.32 Å². The zero-order valence-electron chi connectivity index (χ0n) is 11.6. The minimum atomic E-state index is -1.24. The molecular weight excluding hydrogens is 283 g/mol. The Morgan fingerprint density at radius 3 is 2.57 bits per heavy atom. The Hall–Kier alpha value is -2.51. The number of carboxylic acid groups (broad SMARTS) is 1. The first-order valence-electron chi connectivity index (χ1n) is 6.26. The molecule has 0 saturated carbocycles. The van der Waals surface area contributed by atoms with Gasteiger partial charge in [-0.2, -0.15) is 0 Å². The van der Waals surface area contributed by atoms with Gasteiger partial charge in [-0.3, -0.25) is 14.9 Å². The molecule has 0 fully saturated rings. The van der Waals surface area contributed by atoms with Crippen molar-refractivity contribution in [3.8, 4) is 0 Å². The lowest BCUT2D eigenvalue weighted by molar-refractivity contribution is -0.385. The first-order chi connectivity index (χ1) is 9.77. The average molecular weight is 298 g/mol. The van der Waals surface area contributed by atoms with Crippen molar-refractivity contribution in [3.63, 3.8) is 0 Å². The lowest BCUT2D eigenvalue weighted by Crippen LogP contribution is -2.41. The molecule has 7 nitrogen and oxygen atoms in total. The largest absolute Gasteiger partial charge is 0.480 e. The van der Waals surface area contributed by atoms with Crippen LogP contribution >= 0.6 is 0 Å². The number of hydrogen-bond donors (Lipinski definition) is 2. The van der Waals surface area contributed by atoms with Gasteiger partial charge in [-0.25, -0.2) is 9.18 Å². The van der Waals surface area contributed by atoms with E-state index >= 15 is 0 Å². The summed E-state index contributed by atoms with van der Waals surface area (Å²) in [4.78, 5) is 32.9. The minimum absolute atomic E-state index is 0.0586. The number of nitro benzene ring substituents is 1. The Balaban J connectivity index is 3.11. The summed E-state index contributed by atoms with van der Waals surface area (Å²) in [7, 11) is 0. The second kappa shape index (κ2) is 6.78. The van der Waals surface area contributed by atoms with Gasteiger partial charge in [0, 0.05) is 12.1 Å². The molecule has 0 saturated heterocycles. The van der Waals surface area contributed by atoms with Crippen LogP contribution in [0.2, 0.25) is 0 Å². The van der Waals surface area contributed by atoms with Crippen molar-refractivity contribution in [2.45, 2.75) is 32.7 Å². The molecule has 0 bridgehead atoms. The van der Waals surface area contributed by atoms with Gasteiger partial charge in [-0.05, 0) is 18.9 Å². The predicted molar refractivity (Wildman–Crippen MR) is 71.6 cm³/mol. The number of non-ortho nitro benzene ring substituents is 1. The highest BCUT2D eigenvalue weighted by Gasteiger charge is 2.24. The van der Waals surface area contributed by atoms with E-state index in [0.717, 1.165) is 12.1 Å². The Morgan fingerprint density at radius 2 is 2.10 bits per heavy atom. The topological polar surface area (TPSA) is 110 Å². The second-order valence-corrected chi connectivity index (χ2v) is 4.53. The summed E-state index contributed by atoms with van der Waals surface area (Å²) in [5.41, 5.74) is -1.03. The van der Waals surface area contributed by atoms with Gasteiger partial charge in [0.25, 0.3) is 11.6 Å². The molecule has 2 N–H and O–H groups in total. The quantitative estimate of drug-likeness (QED) is 0.616. The molecule has 1 amide bonds. The van der Waals surface area contributed by atoms with Crippen molar-refractivity contribution >= 4 is 17.6 Å². The SMILES string of the molecule is CCC[C@@H](NC(=O)c1cc([N+](=O)[O-])cc(C)c1F)C(=O)O. The van der Waals surface area contributed by atoms with Crippen molar-refractivity contribution in [3.05, 3.63) is 39.2 Å². The first-order valence-corrected chi connectivity index (χ1v) is 6.26. The van der Waals surface area contributed by atoms with E-state index < -0.39 is 39.9 Å². The number of carboxylic acids is 1. The van der Waals surface area contributed by atoms with Crippen LogP contribution in [0.5, 0.6) is 0 Å². The number of nitro groups is 1. The van der Waals surface area contributed by atoms with Gasteiger partial charge in [-0.1, -0.05) is 13.3 Å². The van der Waals surface area contributed by atoms with E-state index in [9.17, 15) is 24.1 Å². The van der Waals surface area contributed by atoms with E-state index in [4.69, 9.17) is 5.11 Å². The summed E-state index contributed by atoms with van der Waals surface area (Å²) in [6.07, 6.45) is 0.685. The maximum absolute atomic E-state index is 13.9. The van der Waals surface area contributed by atoms with E-state index in [0.29, 0.717) is 6.42 Å². The molecule has 114 valence electrons. The van der Waals surface area contributed by atoms with Crippen molar-refractivity contribution in [1.29, 1.82) is 0 Å². The molecule has 0 aliphatic carbocycles. The van der Waals surface area contributed by atoms with Crippen LogP contribution in [0.4, 0.5) is 10.1 Å². The number of halogens is 1. The monoisotopic (exact) mass is 298 g/mol. The normalized spacial score (nSPS) is 11.8. The molecule has 0 heterocycles. The summed E-state index contributed by atoms with van der Waals surface area (Å²) in [6.45, 7) is 3.03. The smallest absolute Gasteiger partial charge is 0.326 e. The molecule has 1 aromatic carbocycles. The summed E-state index contributed by atoms with van der Waals surface area (Å²) < 4.78 is 13.9. The van der Waals surface area contributed by atoms with Gasteiger partial charge in [0.2, 0.25) is 0 Å². The van der Waals surface area contributed by atoms with Gasteiger partial charge in [0.1, 0.15) is 11.9 Å².